The molecule has 0 amide bonds. The van der Waals surface area contributed by atoms with Crippen LogP contribution in [0.4, 0.5) is 5.88 Å². The van der Waals surface area contributed by atoms with E-state index in [1.807, 2.05) is 17.8 Å². The Hall–Kier alpha value is -1.42. The SMILES string of the molecule is Nc1cc(-c2ccccc2C2CSC2)no1. The van der Waals surface area contributed by atoms with Crippen molar-refractivity contribution in [2.24, 2.45) is 0 Å². The predicted molar refractivity (Wildman–Crippen MR) is 66.4 cm³/mol. The first-order valence-corrected chi connectivity index (χ1v) is 6.39. The summed E-state index contributed by atoms with van der Waals surface area (Å²) in [6, 6.07) is 10.1. The number of benzene rings is 1. The van der Waals surface area contributed by atoms with Crippen molar-refractivity contribution in [3.05, 3.63) is 35.9 Å². The second-order valence-corrected chi connectivity index (χ2v) is 5.01. The number of rotatable bonds is 2. The third-order valence-corrected chi connectivity index (χ3v) is 4.12. The average Bonchev–Trinajstić information content (AvgIpc) is 2.63. The Kier molecular flexibility index (Phi) is 2.36. The van der Waals surface area contributed by atoms with E-state index in [2.05, 4.69) is 23.4 Å². The Labute approximate surface area is 98.0 Å². The van der Waals surface area contributed by atoms with Gasteiger partial charge in [-0.1, -0.05) is 29.4 Å². The van der Waals surface area contributed by atoms with Crippen molar-refractivity contribution >= 4 is 17.6 Å². The number of nitrogen functional groups attached to an aromatic ring is 1. The van der Waals surface area contributed by atoms with E-state index in [4.69, 9.17) is 10.3 Å². The molecule has 0 aliphatic carbocycles. The van der Waals surface area contributed by atoms with Crippen LogP contribution in [-0.2, 0) is 0 Å². The van der Waals surface area contributed by atoms with Gasteiger partial charge >= 0.3 is 0 Å². The van der Waals surface area contributed by atoms with Gasteiger partial charge in [0.2, 0.25) is 5.88 Å². The van der Waals surface area contributed by atoms with E-state index in [0.717, 1.165) is 11.3 Å². The Morgan fingerprint density at radius 2 is 2.12 bits per heavy atom. The molecule has 0 spiro atoms. The third kappa shape index (κ3) is 1.59. The van der Waals surface area contributed by atoms with Crippen molar-refractivity contribution in [2.45, 2.75) is 5.92 Å². The summed E-state index contributed by atoms with van der Waals surface area (Å²) in [5, 5.41) is 3.98. The van der Waals surface area contributed by atoms with Crippen LogP contribution in [0.5, 0.6) is 0 Å². The zero-order valence-corrected chi connectivity index (χ0v) is 9.54. The zero-order valence-electron chi connectivity index (χ0n) is 8.72. The molecular weight excluding hydrogens is 220 g/mol. The summed E-state index contributed by atoms with van der Waals surface area (Å²) in [4.78, 5) is 0. The fourth-order valence-corrected chi connectivity index (χ4v) is 2.75. The quantitative estimate of drug-likeness (QED) is 0.865. The molecule has 82 valence electrons. The number of nitrogens with zero attached hydrogens (tertiary/aromatic N) is 1. The van der Waals surface area contributed by atoms with Gasteiger partial charge in [0.25, 0.3) is 0 Å². The van der Waals surface area contributed by atoms with Crippen molar-refractivity contribution in [3.8, 4) is 11.3 Å². The Morgan fingerprint density at radius 1 is 1.31 bits per heavy atom. The van der Waals surface area contributed by atoms with Gasteiger partial charge in [0.1, 0.15) is 5.69 Å². The van der Waals surface area contributed by atoms with Crippen LogP contribution in [0.15, 0.2) is 34.9 Å². The Morgan fingerprint density at radius 3 is 2.75 bits per heavy atom. The number of thioether (sulfide) groups is 1. The van der Waals surface area contributed by atoms with E-state index in [0.29, 0.717) is 11.8 Å². The minimum Gasteiger partial charge on any atom is -0.368 e. The smallest absolute Gasteiger partial charge is 0.222 e. The molecule has 2 N–H and O–H groups in total. The summed E-state index contributed by atoms with van der Waals surface area (Å²) >= 11 is 1.98. The van der Waals surface area contributed by atoms with Gasteiger partial charge in [-0.15, -0.1) is 0 Å². The van der Waals surface area contributed by atoms with Crippen molar-refractivity contribution in [1.29, 1.82) is 0 Å². The highest BCUT2D eigenvalue weighted by atomic mass is 32.2. The van der Waals surface area contributed by atoms with Crippen LogP contribution in [0, 0.1) is 0 Å². The van der Waals surface area contributed by atoms with Crippen molar-refractivity contribution in [1.82, 2.24) is 5.16 Å². The molecular formula is C12H12N2OS. The van der Waals surface area contributed by atoms with E-state index in [1.54, 1.807) is 6.07 Å². The first-order valence-electron chi connectivity index (χ1n) is 5.24. The molecule has 1 aliphatic rings. The first kappa shape index (κ1) is 9.78. The van der Waals surface area contributed by atoms with Gasteiger partial charge in [0.05, 0.1) is 0 Å². The first-order chi connectivity index (χ1) is 7.84. The van der Waals surface area contributed by atoms with Crippen LogP contribution >= 0.6 is 11.8 Å². The van der Waals surface area contributed by atoms with E-state index in [1.165, 1.54) is 17.1 Å². The number of aromatic nitrogens is 1. The maximum Gasteiger partial charge on any atom is 0.222 e. The minimum atomic E-state index is 0.368. The summed E-state index contributed by atoms with van der Waals surface area (Å²) in [6.07, 6.45) is 0. The second-order valence-electron chi connectivity index (χ2n) is 3.94. The van der Waals surface area contributed by atoms with Crippen molar-refractivity contribution in [3.63, 3.8) is 0 Å². The fourth-order valence-electron chi connectivity index (χ4n) is 1.92. The topological polar surface area (TPSA) is 52.0 Å². The molecule has 1 saturated heterocycles. The van der Waals surface area contributed by atoms with Gasteiger partial charge in [-0.25, -0.2) is 0 Å². The molecule has 3 rings (SSSR count). The predicted octanol–water partition coefficient (Wildman–Crippen LogP) is 2.75. The highest BCUT2D eigenvalue weighted by Gasteiger charge is 2.23. The highest BCUT2D eigenvalue weighted by Crippen LogP contribution is 2.38. The number of hydrogen-bond acceptors (Lipinski definition) is 4. The molecule has 0 radical (unpaired) electrons. The second kappa shape index (κ2) is 3.87. The lowest BCUT2D eigenvalue weighted by Gasteiger charge is -2.26. The molecule has 1 fully saturated rings. The van der Waals surface area contributed by atoms with E-state index >= 15 is 0 Å². The molecule has 2 heterocycles. The zero-order chi connectivity index (χ0) is 11.0. The van der Waals surface area contributed by atoms with Crippen LogP contribution in [-0.4, -0.2) is 16.7 Å². The van der Waals surface area contributed by atoms with E-state index < -0.39 is 0 Å². The largest absolute Gasteiger partial charge is 0.368 e. The van der Waals surface area contributed by atoms with Crippen LogP contribution in [0.25, 0.3) is 11.3 Å². The van der Waals surface area contributed by atoms with Crippen molar-refractivity contribution in [2.75, 3.05) is 17.2 Å². The normalized spacial score (nSPS) is 16.0. The van der Waals surface area contributed by atoms with Gasteiger partial charge in [0.15, 0.2) is 0 Å². The van der Waals surface area contributed by atoms with Gasteiger partial charge in [-0.3, -0.25) is 0 Å². The standard InChI is InChI=1S/C12H12N2OS/c13-12-5-11(14-15-12)10-4-2-1-3-9(10)8-6-16-7-8/h1-5,8H,6-7,13H2. The maximum atomic E-state index is 5.56. The minimum absolute atomic E-state index is 0.368. The van der Waals surface area contributed by atoms with Crippen LogP contribution in [0.2, 0.25) is 0 Å². The molecule has 2 aromatic rings. The molecule has 3 nitrogen and oxygen atoms in total. The van der Waals surface area contributed by atoms with E-state index in [-0.39, 0.29) is 0 Å². The Bertz CT molecular complexity index is 505. The molecule has 16 heavy (non-hydrogen) atoms. The van der Waals surface area contributed by atoms with Crippen LogP contribution < -0.4 is 5.73 Å². The Balaban J connectivity index is 2.05. The molecule has 0 bridgehead atoms. The average molecular weight is 232 g/mol. The van der Waals surface area contributed by atoms with Crippen molar-refractivity contribution < 1.29 is 4.52 Å². The lowest BCUT2D eigenvalue weighted by Crippen LogP contribution is -2.16. The van der Waals surface area contributed by atoms with Gasteiger partial charge in [-0.05, 0) is 5.56 Å². The lowest BCUT2D eigenvalue weighted by atomic mass is 9.94. The summed E-state index contributed by atoms with van der Waals surface area (Å²) in [5.41, 5.74) is 8.90. The molecule has 0 atom stereocenters. The molecule has 0 saturated carbocycles. The fraction of sp³-hybridized carbons (Fsp3) is 0.250. The summed E-state index contributed by atoms with van der Waals surface area (Å²) in [5.74, 6) is 3.42. The monoisotopic (exact) mass is 232 g/mol. The summed E-state index contributed by atoms with van der Waals surface area (Å²) in [6.45, 7) is 0. The number of nitrogens with two attached hydrogens (primary N) is 1. The van der Waals surface area contributed by atoms with Gasteiger partial charge in [0, 0.05) is 29.1 Å². The molecule has 1 aromatic carbocycles. The molecule has 1 aromatic heterocycles. The highest BCUT2D eigenvalue weighted by molar-refractivity contribution is 8.00. The number of anilines is 1. The summed E-state index contributed by atoms with van der Waals surface area (Å²) in [7, 11) is 0. The van der Waals surface area contributed by atoms with Gasteiger partial charge in [-0.2, -0.15) is 11.8 Å². The molecule has 1 aliphatic heterocycles. The van der Waals surface area contributed by atoms with Crippen LogP contribution in [0.1, 0.15) is 11.5 Å². The third-order valence-electron chi connectivity index (χ3n) is 2.84. The van der Waals surface area contributed by atoms with E-state index in [9.17, 15) is 0 Å². The van der Waals surface area contributed by atoms with Crippen LogP contribution in [0.3, 0.4) is 0 Å². The molecule has 4 heteroatoms. The lowest BCUT2D eigenvalue weighted by molar-refractivity contribution is 0.439. The number of hydrogen-bond donors (Lipinski definition) is 1. The van der Waals surface area contributed by atoms with Gasteiger partial charge < -0.3 is 10.3 Å². The maximum absolute atomic E-state index is 5.56. The molecule has 0 unspecified atom stereocenters. The summed E-state index contributed by atoms with van der Waals surface area (Å²) < 4.78 is 4.93.